The summed E-state index contributed by atoms with van der Waals surface area (Å²) in [6.07, 6.45) is 3.77. The van der Waals surface area contributed by atoms with Crippen molar-refractivity contribution in [3.63, 3.8) is 0 Å². The summed E-state index contributed by atoms with van der Waals surface area (Å²) >= 11 is 7.34. The Hall–Kier alpha value is -4.27. The third-order valence-electron chi connectivity index (χ3n) is 5.89. The third-order valence-corrected chi connectivity index (χ3v) is 7.15. The van der Waals surface area contributed by atoms with Crippen molar-refractivity contribution < 1.29 is 19.4 Å². The fraction of sp³-hybridized carbons (Fsp3) is 0.0690. The zero-order valence-electron chi connectivity index (χ0n) is 20.2. The molecule has 0 saturated carbocycles. The predicted octanol–water partition coefficient (Wildman–Crippen LogP) is 6.64. The maximum absolute atomic E-state index is 13.6. The Morgan fingerprint density at radius 3 is 2.39 bits per heavy atom. The number of thioether (sulfide) groups is 1. The fourth-order valence-corrected chi connectivity index (χ4v) is 5.02. The number of rotatable bonds is 7. The van der Waals surface area contributed by atoms with Crippen LogP contribution in [0.2, 0.25) is 5.02 Å². The molecule has 1 amide bonds. The van der Waals surface area contributed by atoms with Crippen LogP contribution in [0.25, 0.3) is 11.8 Å². The van der Waals surface area contributed by atoms with Crippen molar-refractivity contribution in [3.05, 3.63) is 118 Å². The average Bonchev–Trinajstić information content (AvgIpc) is 3.50. The van der Waals surface area contributed by atoms with E-state index < -0.39 is 5.97 Å². The molecule has 0 spiro atoms. The first-order valence-electron chi connectivity index (χ1n) is 11.6. The van der Waals surface area contributed by atoms with E-state index in [-0.39, 0.29) is 18.0 Å². The van der Waals surface area contributed by atoms with Gasteiger partial charge in [-0.15, -0.1) is 0 Å². The van der Waals surface area contributed by atoms with E-state index in [1.165, 1.54) is 23.9 Å². The molecular formula is C29H22ClN3O4S. The Morgan fingerprint density at radius 1 is 1.03 bits per heavy atom. The molecule has 190 valence electrons. The number of carboxylic acids is 1. The van der Waals surface area contributed by atoms with Crippen LogP contribution in [0, 0.1) is 0 Å². The molecule has 0 bridgehead atoms. The predicted molar refractivity (Wildman–Crippen MR) is 150 cm³/mol. The van der Waals surface area contributed by atoms with E-state index in [2.05, 4.69) is 0 Å². The van der Waals surface area contributed by atoms with Gasteiger partial charge < -0.3 is 14.4 Å². The molecule has 38 heavy (non-hydrogen) atoms. The monoisotopic (exact) mass is 543 g/mol. The molecule has 5 rings (SSSR count). The number of amides is 1. The number of hydrogen-bond acceptors (Lipinski definition) is 5. The molecule has 0 atom stereocenters. The lowest BCUT2D eigenvalue weighted by molar-refractivity contribution is -0.122. The minimum atomic E-state index is -1.000. The highest BCUT2D eigenvalue weighted by Crippen LogP contribution is 2.36. The first-order valence-corrected chi connectivity index (χ1v) is 12.8. The summed E-state index contributed by atoms with van der Waals surface area (Å²) in [6, 6.07) is 25.1. The van der Waals surface area contributed by atoms with Gasteiger partial charge in [-0.25, -0.2) is 9.79 Å². The van der Waals surface area contributed by atoms with Gasteiger partial charge in [-0.1, -0.05) is 23.7 Å². The van der Waals surface area contributed by atoms with Gasteiger partial charge in [0.15, 0.2) is 5.17 Å². The molecule has 1 aromatic heterocycles. The summed E-state index contributed by atoms with van der Waals surface area (Å²) in [6.45, 7) is 0.246. The lowest BCUT2D eigenvalue weighted by Crippen LogP contribution is -2.28. The zero-order valence-corrected chi connectivity index (χ0v) is 21.8. The quantitative estimate of drug-likeness (QED) is 0.264. The van der Waals surface area contributed by atoms with Gasteiger partial charge in [0, 0.05) is 22.6 Å². The number of hydrogen-bond donors (Lipinski definition) is 1. The number of aliphatic imine (C=N–C) groups is 1. The molecule has 1 saturated heterocycles. The number of aromatic carboxylic acids is 1. The van der Waals surface area contributed by atoms with Crippen LogP contribution in [0.5, 0.6) is 5.75 Å². The summed E-state index contributed by atoms with van der Waals surface area (Å²) < 4.78 is 7.21. The number of aromatic nitrogens is 1. The van der Waals surface area contributed by atoms with Crippen LogP contribution >= 0.6 is 23.4 Å². The maximum Gasteiger partial charge on any atom is 0.335 e. The first kappa shape index (κ1) is 25.4. The highest BCUT2D eigenvalue weighted by Gasteiger charge is 2.34. The summed E-state index contributed by atoms with van der Waals surface area (Å²) in [5.41, 5.74) is 3.41. The molecular weight excluding hydrogens is 522 g/mol. The summed E-state index contributed by atoms with van der Waals surface area (Å²) in [5.74, 6) is -0.475. The van der Waals surface area contributed by atoms with Gasteiger partial charge in [0.05, 0.1) is 29.8 Å². The second-order valence-electron chi connectivity index (χ2n) is 8.38. The standard InChI is InChI=1S/C29H22ClN3O4S/c1-37-25-14-10-22(11-15-25)31-29-33(18-19-4-6-20(7-5-19)28(35)36)27(34)26(38-29)17-24-3-2-16-32(24)23-12-8-21(30)9-13-23/h2-17H,18H2,1H3,(H,35,36)/b26-17-,31-29?. The molecule has 0 unspecified atom stereocenters. The van der Waals surface area contributed by atoms with E-state index in [9.17, 15) is 14.7 Å². The van der Waals surface area contributed by atoms with Gasteiger partial charge in [-0.05, 0) is 96.2 Å². The number of carbonyl (C=O) groups is 2. The number of carboxylic acid groups (broad SMARTS) is 1. The molecule has 0 aliphatic carbocycles. The molecule has 1 fully saturated rings. The van der Waals surface area contributed by atoms with E-state index in [1.54, 1.807) is 24.1 Å². The Bertz CT molecular complexity index is 1540. The highest BCUT2D eigenvalue weighted by molar-refractivity contribution is 8.18. The number of amidine groups is 1. The minimum absolute atomic E-state index is 0.187. The lowest BCUT2D eigenvalue weighted by atomic mass is 10.1. The van der Waals surface area contributed by atoms with Crippen molar-refractivity contribution in [1.82, 2.24) is 9.47 Å². The SMILES string of the molecule is COc1ccc(N=C2S/C(=C\c3cccn3-c3ccc(Cl)cc3)C(=O)N2Cc2ccc(C(=O)O)cc2)cc1. The number of nitrogens with zero attached hydrogens (tertiary/aromatic N) is 3. The van der Waals surface area contributed by atoms with Gasteiger partial charge in [0.2, 0.25) is 0 Å². The van der Waals surface area contributed by atoms with Crippen LogP contribution in [-0.4, -0.2) is 38.7 Å². The van der Waals surface area contributed by atoms with Crippen LogP contribution in [0.4, 0.5) is 5.69 Å². The largest absolute Gasteiger partial charge is 0.497 e. The zero-order chi connectivity index (χ0) is 26.6. The van der Waals surface area contributed by atoms with Crippen molar-refractivity contribution in [2.45, 2.75) is 6.54 Å². The van der Waals surface area contributed by atoms with E-state index in [0.29, 0.717) is 26.5 Å². The Morgan fingerprint density at radius 2 is 1.74 bits per heavy atom. The average molecular weight is 544 g/mol. The Balaban J connectivity index is 1.49. The van der Waals surface area contributed by atoms with Crippen molar-refractivity contribution in [2.24, 2.45) is 4.99 Å². The van der Waals surface area contributed by atoms with Gasteiger partial charge in [-0.3, -0.25) is 9.69 Å². The number of halogens is 1. The maximum atomic E-state index is 13.6. The van der Waals surface area contributed by atoms with Crippen LogP contribution in [0.1, 0.15) is 21.6 Å². The first-order chi connectivity index (χ1) is 18.4. The second-order valence-corrected chi connectivity index (χ2v) is 9.82. The summed E-state index contributed by atoms with van der Waals surface area (Å²) in [4.78, 5) is 31.7. The second kappa shape index (κ2) is 11.0. The molecule has 7 nitrogen and oxygen atoms in total. The van der Waals surface area contributed by atoms with Gasteiger partial charge in [0.1, 0.15) is 5.75 Å². The van der Waals surface area contributed by atoms with Crippen molar-refractivity contribution in [3.8, 4) is 11.4 Å². The summed E-state index contributed by atoms with van der Waals surface area (Å²) in [7, 11) is 1.60. The number of carbonyl (C=O) groups excluding carboxylic acids is 1. The van der Waals surface area contributed by atoms with Gasteiger partial charge >= 0.3 is 5.97 Å². The lowest BCUT2D eigenvalue weighted by Gasteiger charge is -2.16. The highest BCUT2D eigenvalue weighted by atomic mass is 35.5. The minimum Gasteiger partial charge on any atom is -0.497 e. The number of methoxy groups -OCH3 is 1. The van der Waals surface area contributed by atoms with Crippen molar-refractivity contribution in [2.75, 3.05) is 7.11 Å². The molecule has 9 heteroatoms. The molecule has 0 radical (unpaired) electrons. The van der Waals surface area contributed by atoms with Crippen molar-refractivity contribution >= 4 is 52.2 Å². The fourth-order valence-electron chi connectivity index (χ4n) is 3.92. The third kappa shape index (κ3) is 5.51. The van der Waals surface area contributed by atoms with Gasteiger partial charge in [-0.2, -0.15) is 0 Å². The smallest absolute Gasteiger partial charge is 0.335 e. The van der Waals surface area contributed by atoms with E-state index in [4.69, 9.17) is 21.3 Å². The number of ether oxygens (including phenoxy) is 1. The topological polar surface area (TPSA) is 84.1 Å². The normalized spacial score (nSPS) is 15.4. The van der Waals surface area contributed by atoms with Crippen LogP contribution in [-0.2, 0) is 11.3 Å². The van der Waals surface area contributed by atoms with E-state index >= 15 is 0 Å². The van der Waals surface area contributed by atoms with Gasteiger partial charge in [0.25, 0.3) is 5.91 Å². The Labute approximate surface area is 228 Å². The number of benzene rings is 3. The molecule has 4 aromatic rings. The molecule has 3 aromatic carbocycles. The van der Waals surface area contributed by atoms with Crippen molar-refractivity contribution in [1.29, 1.82) is 0 Å². The van der Waals surface area contributed by atoms with E-state index in [1.807, 2.05) is 77.5 Å². The molecule has 1 aliphatic rings. The van der Waals surface area contributed by atoms with Crippen LogP contribution in [0.15, 0.2) is 101 Å². The Kier molecular flexibility index (Phi) is 7.35. The van der Waals surface area contributed by atoms with Crippen LogP contribution < -0.4 is 4.74 Å². The summed E-state index contributed by atoms with van der Waals surface area (Å²) in [5, 5.41) is 10.4. The molecule has 2 heterocycles. The molecule has 1 aliphatic heterocycles. The van der Waals surface area contributed by atoms with Crippen LogP contribution in [0.3, 0.4) is 0 Å². The molecule has 1 N–H and O–H groups in total. The van der Waals surface area contributed by atoms with E-state index in [0.717, 1.165) is 16.9 Å².